The highest BCUT2D eigenvalue weighted by Crippen LogP contribution is 2.46. The van der Waals surface area contributed by atoms with E-state index in [-0.39, 0.29) is 17.9 Å². The third-order valence-electron chi connectivity index (χ3n) is 3.92. The van der Waals surface area contributed by atoms with Crippen LogP contribution in [0.25, 0.3) is 10.9 Å². The van der Waals surface area contributed by atoms with E-state index in [0.29, 0.717) is 0 Å². The molecule has 1 aliphatic rings. The van der Waals surface area contributed by atoms with Crippen LogP contribution < -0.4 is 5.32 Å². The molecule has 1 heterocycles. The lowest BCUT2D eigenvalue weighted by molar-refractivity contribution is -0.137. The summed E-state index contributed by atoms with van der Waals surface area (Å²) in [7, 11) is 0. The van der Waals surface area contributed by atoms with Gasteiger partial charge in [0.05, 0.1) is 11.2 Å². The van der Waals surface area contributed by atoms with E-state index in [1.165, 1.54) is 0 Å². The normalized spacial score (nSPS) is 16.1. The predicted molar refractivity (Wildman–Crippen MR) is 75.5 cm³/mol. The van der Waals surface area contributed by atoms with Crippen LogP contribution in [0.4, 0.5) is 5.69 Å². The molecule has 1 amide bonds. The van der Waals surface area contributed by atoms with Crippen LogP contribution in [-0.4, -0.2) is 21.6 Å². The molecule has 20 heavy (non-hydrogen) atoms. The average molecular weight is 272 g/mol. The molecule has 1 saturated carbocycles. The maximum Gasteiger partial charge on any atom is 0.323 e. The van der Waals surface area contributed by atoms with E-state index in [1.807, 2.05) is 31.2 Å². The van der Waals surface area contributed by atoms with E-state index < -0.39 is 5.97 Å². The molecular weight excluding hydrogens is 256 g/mol. The zero-order chi connectivity index (χ0) is 14.3. The summed E-state index contributed by atoms with van der Waals surface area (Å²) < 4.78 is 1.66. The van der Waals surface area contributed by atoms with E-state index in [9.17, 15) is 9.59 Å². The number of benzene rings is 1. The second kappa shape index (κ2) is 4.37. The molecule has 0 saturated heterocycles. The Morgan fingerprint density at radius 2 is 2.10 bits per heavy atom. The molecule has 2 aromatic rings. The summed E-state index contributed by atoms with van der Waals surface area (Å²) >= 11 is 0. The molecule has 0 atom stereocenters. The average Bonchev–Trinajstić information content (AvgIpc) is 3.02. The highest BCUT2D eigenvalue weighted by molar-refractivity contribution is 6.04. The predicted octanol–water partition coefficient (Wildman–Crippen LogP) is 2.46. The van der Waals surface area contributed by atoms with Crippen LogP contribution >= 0.6 is 0 Å². The van der Waals surface area contributed by atoms with Crippen molar-refractivity contribution in [3.8, 4) is 0 Å². The van der Waals surface area contributed by atoms with Gasteiger partial charge in [0.2, 0.25) is 5.91 Å². The number of amides is 1. The van der Waals surface area contributed by atoms with E-state index >= 15 is 0 Å². The van der Waals surface area contributed by atoms with Gasteiger partial charge in [-0.25, -0.2) is 0 Å². The van der Waals surface area contributed by atoms with Gasteiger partial charge in [-0.05, 0) is 31.0 Å². The number of nitrogens with one attached hydrogen (secondary N) is 1. The van der Waals surface area contributed by atoms with Crippen LogP contribution in [-0.2, 0) is 16.1 Å². The van der Waals surface area contributed by atoms with E-state index in [4.69, 9.17) is 5.11 Å². The summed E-state index contributed by atoms with van der Waals surface area (Å²) in [5.41, 5.74) is 1.32. The largest absolute Gasteiger partial charge is 0.480 e. The van der Waals surface area contributed by atoms with Gasteiger partial charge in [0.25, 0.3) is 0 Å². The smallest absolute Gasteiger partial charge is 0.323 e. The minimum absolute atomic E-state index is 0.0379. The highest BCUT2D eigenvalue weighted by Gasteiger charge is 2.44. The summed E-state index contributed by atoms with van der Waals surface area (Å²) in [5.74, 6) is -0.849. The lowest BCUT2D eigenvalue weighted by Crippen LogP contribution is -2.21. The Kier molecular flexibility index (Phi) is 2.78. The molecule has 1 fully saturated rings. The Labute approximate surface area is 116 Å². The maximum atomic E-state index is 12.1. The molecule has 1 aromatic carbocycles. The Balaban J connectivity index is 1.94. The van der Waals surface area contributed by atoms with Gasteiger partial charge in [-0.2, -0.15) is 0 Å². The van der Waals surface area contributed by atoms with Gasteiger partial charge >= 0.3 is 5.97 Å². The third-order valence-corrected chi connectivity index (χ3v) is 3.92. The van der Waals surface area contributed by atoms with Crippen LogP contribution in [0.5, 0.6) is 0 Å². The quantitative estimate of drug-likeness (QED) is 0.898. The van der Waals surface area contributed by atoms with Gasteiger partial charge < -0.3 is 15.0 Å². The first-order valence-electron chi connectivity index (χ1n) is 6.61. The number of anilines is 1. The number of carboxylic acids is 1. The molecule has 104 valence electrons. The summed E-state index contributed by atoms with van der Waals surface area (Å²) in [4.78, 5) is 22.9. The monoisotopic (exact) mass is 272 g/mol. The molecule has 2 N–H and O–H groups in total. The molecule has 0 aliphatic heterocycles. The van der Waals surface area contributed by atoms with Crippen molar-refractivity contribution < 1.29 is 14.7 Å². The second-order valence-electron chi connectivity index (χ2n) is 5.59. The first kappa shape index (κ1) is 12.7. The van der Waals surface area contributed by atoms with Crippen LogP contribution in [0, 0.1) is 5.41 Å². The molecular formula is C15H16N2O3. The van der Waals surface area contributed by atoms with E-state index in [1.54, 1.807) is 10.8 Å². The van der Waals surface area contributed by atoms with Crippen molar-refractivity contribution in [2.24, 2.45) is 5.41 Å². The van der Waals surface area contributed by atoms with Crippen molar-refractivity contribution >= 4 is 28.5 Å². The van der Waals surface area contributed by atoms with Crippen LogP contribution in [0.15, 0.2) is 30.5 Å². The zero-order valence-corrected chi connectivity index (χ0v) is 11.2. The third kappa shape index (κ3) is 2.15. The van der Waals surface area contributed by atoms with Crippen molar-refractivity contribution in [1.82, 2.24) is 4.57 Å². The molecule has 0 spiro atoms. The summed E-state index contributed by atoms with van der Waals surface area (Å²) in [5, 5.41) is 12.7. The summed E-state index contributed by atoms with van der Waals surface area (Å²) in [6, 6.07) is 7.36. The highest BCUT2D eigenvalue weighted by atomic mass is 16.4. The Hall–Kier alpha value is -2.30. The number of aliphatic carboxylic acids is 1. The van der Waals surface area contributed by atoms with Crippen LogP contribution in [0.3, 0.4) is 0 Å². The van der Waals surface area contributed by atoms with E-state index in [0.717, 1.165) is 29.4 Å². The van der Waals surface area contributed by atoms with Crippen molar-refractivity contribution in [2.75, 3.05) is 5.32 Å². The molecule has 3 rings (SSSR count). The van der Waals surface area contributed by atoms with Crippen LogP contribution in [0.1, 0.15) is 19.8 Å². The van der Waals surface area contributed by atoms with Gasteiger partial charge in [0, 0.05) is 17.0 Å². The Morgan fingerprint density at radius 3 is 2.75 bits per heavy atom. The first-order chi connectivity index (χ1) is 9.49. The van der Waals surface area contributed by atoms with Crippen molar-refractivity contribution in [2.45, 2.75) is 26.3 Å². The summed E-state index contributed by atoms with van der Waals surface area (Å²) in [6.07, 6.45) is 3.58. The lowest BCUT2D eigenvalue weighted by atomic mass is 10.1. The molecule has 0 bridgehead atoms. The van der Waals surface area contributed by atoms with Crippen molar-refractivity contribution in [1.29, 1.82) is 0 Å². The molecule has 0 unspecified atom stereocenters. The SMILES string of the molecule is CC1(C(=O)Nc2cccc3c2ccn3CC(=O)O)CC1. The standard InChI is InChI=1S/C15H16N2O3/c1-15(6-7-15)14(20)16-11-3-2-4-12-10(11)5-8-17(12)9-13(18)19/h2-5,8H,6-7,9H2,1H3,(H,16,20)(H,18,19). The second-order valence-corrected chi connectivity index (χ2v) is 5.59. The fraction of sp³-hybridized carbons (Fsp3) is 0.333. The topological polar surface area (TPSA) is 71.3 Å². The Morgan fingerprint density at radius 1 is 1.35 bits per heavy atom. The number of carbonyl (C=O) groups excluding carboxylic acids is 1. The molecule has 5 nitrogen and oxygen atoms in total. The Bertz CT molecular complexity index is 698. The molecule has 0 radical (unpaired) electrons. The van der Waals surface area contributed by atoms with Crippen LogP contribution in [0.2, 0.25) is 0 Å². The minimum Gasteiger partial charge on any atom is -0.480 e. The number of rotatable bonds is 4. The molecule has 1 aliphatic carbocycles. The first-order valence-corrected chi connectivity index (χ1v) is 6.61. The number of aromatic nitrogens is 1. The number of hydrogen-bond donors (Lipinski definition) is 2. The van der Waals surface area contributed by atoms with Gasteiger partial charge in [-0.3, -0.25) is 9.59 Å². The van der Waals surface area contributed by atoms with Crippen molar-refractivity contribution in [3.05, 3.63) is 30.5 Å². The maximum absolute atomic E-state index is 12.1. The number of carbonyl (C=O) groups is 2. The van der Waals surface area contributed by atoms with Gasteiger partial charge in [-0.1, -0.05) is 13.0 Å². The lowest BCUT2D eigenvalue weighted by Gasteiger charge is -2.11. The number of hydrogen-bond acceptors (Lipinski definition) is 2. The van der Waals surface area contributed by atoms with Gasteiger partial charge in [0.1, 0.15) is 6.54 Å². The summed E-state index contributed by atoms with van der Waals surface area (Å²) in [6.45, 7) is 1.87. The van der Waals surface area contributed by atoms with Gasteiger partial charge in [0.15, 0.2) is 0 Å². The van der Waals surface area contributed by atoms with Gasteiger partial charge in [-0.15, -0.1) is 0 Å². The minimum atomic E-state index is -0.887. The molecule has 1 aromatic heterocycles. The number of fused-ring (bicyclic) bond motifs is 1. The van der Waals surface area contributed by atoms with Crippen molar-refractivity contribution in [3.63, 3.8) is 0 Å². The number of nitrogens with zero attached hydrogens (tertiary/aromatic N) is 1. The fourth-order valence-electron chi connectivity index (χ4n) is 2.30. The zero-order valence-electron chi connectivity index (χ0n) is 11.2. The number of carboxylic acid groups (broad SMARTS) is 1. The fourth-order valence-corrected chi connectivity index (χ4v) is 2.30. The molecule has 5 heteroatoms. The van der Waals surface area contributed by atoms with E-state index in [2.05, 4.69) is 5.32 Å².